The number of nitrogens with one attached hydrogen (secondary N) is 3. The first-order valence-electron chi connectivity index (χ1n) is 8.00. The molecule has 0 aromatic carbocycles. The second-order valence-electron chi connectivity index (χ2n) is 5.47. The second kappa shape index (κ2) is 7.28. The van der Waals surface area contributed by atoms with Crippen LogP contribution in [0.2, 0.25) is 0 Å². The van der Waals surface area contributed by atoms with E-state index in [1.807, 2.05) is 36.5 Å². The van der Waals surface area contributed by atoms with Gasteiger partial charge in [-0.15, -0.1) is 10.2 Å². The molecule has 8 nitrogen and oxygen atoms in total. The van der Waals surface area contributed by atoms with E-state index in [2.05, 4.69) is 35.8 Å². The Morgan fingerprint density at radius 1 is 1.12 bits per heavy atom. The fourth-order valence-corrected chi connectivity index (χ4v) is 3.25. The summed E-state index contributed by atoms with van der Waals surface area (Å²) in [5, 5.41) is 15.7. The standard InChI is InChI=1S/C17H15N7OS/c25-16(20-9-6-11-10-21-14-12(11)4-3-8-19-14)22-17-24-23-15(26-17)13-5-1-2-7-18-13/h1-5,7-8,10H,6,9H2,(H,19,21)(H2,20,22,24,25). The summed E-state index contributed by atoms with van der Waals surface area (Å²) in [6, 6.07) is 9.15. The predicted octanol–water partition coefficient (Wildman–Crippen LogP) is 2.84. The molecule has 2 amide bonds. The van der Waals surface area contributed by atoms with E-state index < -0.39 is 0 Å². The number of pyridine rings is 2. The van der Waals surface area contributed by atoms with Crippen LogP contribution in [0.25, 0.3) is 21.7 Å². The number of carbonyl (C=O) groups is 1. The van der Waals surface area contributed by atoms with Crippen LogP contribution in [0, 0.1) is 0 Å². The zero-order chi connectivity index (χ0) is 17.8. The quantitative estimate of drug-likeness (QED) is 0.504. The van der Waals surface area contributed by atoms with Crippen molar-refractivity contribution in [3.05, 3.63) is 54.5 Å². The average molecular weight is 365 g/mol. The van der Waals surface area contributed by atoms with E-state index in [-0.39, 0.29) is 6.03 Å². The van der Waals surface area contributed by atoms with Gasteiger partial charge in [0.25, 0.3) is 0 Å². The third kappa shape index (κ3) is 3.52. The first-order chi connectivity index (χ1) is 12.8. The van der Waals surface area contributed by atoms with Gasteiger partial charge in [0.2, 0.25) is 5.13 Å². The number of urea groups is 1. The van der Waals surface area contributed by atoms with Gasteiger partial charge < -0.3 is 10.3 Å². The van der Waals surface area contributed by atoms with E-state index in [0.29, 0.717) is 23.1 Å². The Balaban J connectivity index is 1.31. The van der Waals surface area contributed by atoms with Crippen LogP contribution in [-0.4, -0.2) is 37.7 Å². The van der Waals surface area contributed by atoms with Gasteiger partial charge in [-0.1, -0.05) is 17.4 Å². The smallest absolute Gasteiger partial charge is 0.321 e. The SMILES string of the molecule is O=C(NCCc1c[nH]c2ncccc12)Nc1nnc(-c2ccccn2)s1. The number of nitrogens with zero attached hydrogens (tertiary/aromatic N) is 4. The van der Waals surface area contributed by atoms with Crippen LogP contribution in [-0.2, 0) is 6.42 Å². The van der Waals surface area contributed by atoms with Gasteiger partial charge in [0.05, 0.1) is 0 Å². The van der Waals surface area contributed by atoms with Crippen LogP contribution in [0.5, 0.6) is 0 Å². The van der Waals surface area contributed by atoms with E-state index in [1.54, 1.807) is 12.4 Å². The lowest BCUT2D eigenvalue weighted by atomic mass is 10.1. The number of fused-ring (bicyclic) bond motifs is 1. The maximum atomic E-state index is 12.0. The lowest BCUT2D eigenvalue weighted by molar-refractivity contribution is 0.252. The fourth-order valence-electron chi connectivity index (χ4n) is 2.54. The van der Waals surface area contributed by atoms with Gasteiger partial charge in [-0.25, -0.2) is 9.78 Å². The van der Waals surface area contributed by atoms with Crippen molar-refractivity contribution in [3.8, 4) is 10.7 Å². The number of amides is 2. The topological polar surface area (TPSA) is 108 Å². The highest BCUT2D eigenvalue weighted by atomic mass is 32.1. The third-order valence-corrected chi connectivity index (χ3v) is 4.61. The minimum Gasteiger partial charge on any atom is -0.346 e. The number of aromatic amines is 1. The van der Waals surface area contributed by atoms with Gasteiger partial charge in [-0.05, 0) is 36.2 Å². The summed E-state index contributed by atoms with van der Waals surface area (Å²) in [6.07, 6.45) is 6.06. The number of aromatic nitrogens is 5. The average Bonchev–Trinajstić information content (AvgIpc) is 3.30. The second-order valence-corrected chi connectivity index (χ2v) is 6.45. The molecule has 0 atom stereocenters. The Morgan fingerprint density at radius 2 is 2.04 bits per heavy atom. The van der Waals surface area contributed by atoms with Crippen molar-refractivity contribution in [2.24, 2.45) is 0 Å². The minimum atomic E-state index is -0.313. The lowest BCUT2D eigenvalue weighted by Crippen LogP contribution is -2.30. The number of hydrogen-bond donors (Lipinski definition) is 3. The normalized spacial score (nSPS) is 10.8. The molecule has 4 aromatic heterocycles. The summed E-state index contributed by atoms with van der Waals surface area (Å²) in [7, 11) is 0. The van der Waals surface area contributed by atoms with Gasteiger partial charge in [0.1, 0.15) is 11.3 Å². The van der Waals surface area contributed by atoms with Crippen molar-refractivity contribution in [2.45, 2.75) is 6.42 Å². The molecule has 3 N–H and O–H groups in total. The maximum absolute atomic E-state index is 12.0. The lowest BCUT2D eigenvalue weighted by Gasteiger charge is -2.04. The van der Waals surface area contributed by atoms with Crippen LogP contribution in [0.1, 0.15) is 5.56 Å². The highest BCUT2D eigenvalue weighted by Gasteiger charge is 2.10. The predicted molar refractivity (Wildman–Crippen MR) is 100.0 cm³/mol. The third-order valence-electron chi connectivity index (χ3n) is 3.75. The molecule has 0 bridgehead atoms. The molecule has 4 aromatic rings. The first-order valence-corrected chi connectivity index (χ1v) is 8.82. The molecule has 4 heterocycles. The van der Waals surface area contributed by atoms with Crippen LogP contribution in [0.3, 0.4) is 0 Å². The molecule has 26 heavy (non-hydrogen) atoms. The van der Waals surface area contributed by atoms with Gasteiger partial charge in [-0.3, -0.25) is 10.3 Å². The Labute approximate surface area is 152 Å². The molecule has 130 valence electrons. The van der Waals surface area contributed by atoms with Crippen molar-refractivity contribution in [2.75, 3.05) is 11.9 Å². The number of H-pyrrole nitrogens is 1. The van der Waals surface area contributed by atoms with Gasteiger partial charge in [0, 0.05) is 30.5 Å². The van der Waals surface area contributed by atoms with Gasteiger partial charge >= 0.3 is 6.03 Å². The van der Waals surface area contributed by atoms with Crippen molar-refractivity contribution in [1.29, 1.82) is 0 Å². The van der Waals surface area contributed by atoms with Gasteiger partial charge in [0.15, 0.2) is 5.01 Å². The molecule has 0 saturated carbocycles. The zero-order valence-electron chi connectivity index (χ0n) is 13.6. The molecular formula is C17H15N7OS. The Kier molecular flexibility index (Phi) is 4.52. The molecule has 0 spiro atoms. The molecule has 0 aliphatic heterocycles. The van der Waals surface area contributed by atoms with Gasteiger partial charge in [-0.2, -0.15) is 0 Å². The highest BCUT2D eigenvalue weighted by molar-refractivity contribution is 7.18. The molecular weight excluding hydrogens is 350 g/mol. The van der Waals surface area contributed by atoms with E-state index in [1.165, 1.54) is 11.3 Å². The maximum Gasteiger partial charge on any atom is 0.321 e. The summed E-state index contributed by atoms with van der Waals surface area (Å²) in [4.78, 5) is 23.6. The molecule has 9 heteroatoms. The van der Waals surface area contributed by atoms with E-state index >= 15 is 0 Å². The van der Waals surface area contributed by atoms with Crippen molar-refractivity contribution in [1.82, 2.24) is 30.5 Å². The highest BCUT2D eigenvalue weighted by Crippen LogP contribution is 2.24. The van der Waals surface area contributed by atoms with Crippen LogP contribution >= 0.6 is 11.3 Å². The van der Waals surface area contributed by atoms with E-state index in [4.69, 9.17) is 0 Å². The number of carbonyl (C=O) groups excluding carboxylic acids is 1. The fraction of sp³-hybridized carbons (Fsp3) is 0.118. The molecule has 0 aliphatic rings. The summed E-state index contributed by atoms with van der Waals surface area (Å²) in [5.74, 6) is 0. The molecule has 0 aliphatic carbocycles. The summed E-state index contributed by atoms with van der Waals surface area (Å²) >= 11 is 1.28. The Morgan fingerprint density at radius 3 is 2.92 bits per heavy atom. The minimum absolute atomic E-state index is 0.313. The van der Waals surface area contributed by atoms with Crippen LogP contribution < -0.4 is 10.6 Å². The van der Waals surface area contributed by atoms with Crippen LogP contribution in [0.4, 0.5) is 9.93 Å². The summed E-state index contributed by atoms with van der Waals surface area (Å²) in [5.41, 5.74) is 2.69. The van der Waals surface area contributed by atoms with E-state index in [9.17, 15) is 4.79 Å². The summed E-state index contributed by atoms with van der Waals surface area (Å²) < 4.78 is 0. The number of rotatable bonds is 5. The molecule has 4 rings (SSSR count). The zero-order valence-corrected chi connectivity index (χ0v) is 14.5. The van der Waals surface area contributed by atoms with Crippen molar-refractivity contribution >= 4 is 33.5 Å². The molecule has 0 radical (unpaired) electrons. The van der Waals surface area contributed by atoms with Crippen molar-refractivity contribution < 1.29 is 4.79 Å². The molecule has 0 fully saturated rings. The summed E-state index contributed by atoms with van der Waals surface area (Å²) in [6.45, 7) is 0.500. The molecule has 0 saturated heterocycles. The van der Waals surface area contributed by atoms with E-state index in [0.717, 1.165) is 22.3 Å². The first kappa shape index (κ1) is 16.2. The number of anilines is 1. The van der Waals surface area contributed by atoms with Crippen LogP contribution in [0.15, 0.2) is 48.9 Å². The monoisotopic (exact) mass is 365 g/mol. The van der Waals surface area contributed by atoms with Crippen molar-refractivity contribution in [3.63, 3.8) is 0 Å². The number of hydrogen-bond acceptors (Lipinski definition) is 6. The largest absolute Gasteiger partial charge is 0.346 e. The molecule has 0 unspecified atom stereocenters. The Hall–Kier alpha value is -3.33. The Bertz CT molecular complexity index is 1030.